The molecule has 2 aromatic heterocycles. The van der Waals surface area contributed by atoms with Crippen LogP contribution in [-0.2, 0) is 0 Å². The molecule has 0 bridgehead atoms. The monoisotopic (exact) mass is 417 g/mol. The summed E-state index contributed by atoms with van der Waals surface area (Å²) in [4.78, 5) is 8.96. The molecule has 0 saturated heterocycles. The van der Waals surface area contributed by atoms with E-state index in [2.05, 4.69) is 33.5 Å². The van der Waals surface area contributed by atoms with Gasteiger partial charge >= 0.3 is 0 Å². The van der Waals surface area contributed by atoms with Crippen molar-refractivity contribution < 1.29 is 4.74 Å². The van der Waals surface area contributed by atoms with E-state index in [-0.39, 0.29) is 0 Å². The van der Waals surface area contributed by atoms with Gasteiger partial charge < -0.3 is 20.8 Å². The number of likely N-dealkylation sites (N-methyl/N-ethyl adjacent to an activating group) is 1. The van der Waals surface area contributed by atoms with Crippen molar-refractivity contribution in [2.45, 2.75) is 58.0 Å². The minimum Gasteiger partial charge on any atom is -0.489 e. The molecular formula is C20H31N7OS. The quantitative estimate of drug-likeness (QED) is 0.443. The Morgan fingerprint density at radius 1 is 1.31 bits per heavy atom. The highest BCUT2D eigenvalue weighted by Crippen LogP contribution is 2.24. The topological polar surface area (TPSA) is 115 Å². The first-order valence-electron chi connectivity index (χ1n) is 10.1. The van der Waals surface area contributed by atoms with Crippen LogP contribution in [0.1, 0.15) is 62.6 Å². The Morgan fingerprint density at radius 3 is 2.66 bits per heavy atom. The van der Waals surface area contributed by atoms with Gasteiger partial charge in [0.25, 0.3) is 0 Å². The first-order chi connectivity index (χ1) is 13.9. The van der Waals surface area contributed by atoms with Gasteiger partial charge in [0.1, 0.15) is 10.8 Å². The maximum atomic E-state index is 6.37. The van der Waals surface area contributed by atoms with Crippen LogP contribution >= 0.6 is 11.5 Å². The van der Waals surface area contributed by atoms with E-state index in [0.29, 0.717) is 41.6 Å². The van der Waals surface area contributed by atoms with Gasteiger partial charge in [-0.3, -0.25) is 4.98 Å². The molecule has 158 valence electrons. The molecule has 0 radical (unpaired) electrons. The number of nitrogens with one attached hydrogen (secondary N) is 1. The number of hydrogen-bond donors (Lipinski definition) is 3. The van der Waals surface area contributed by atoms with E-state index in [1.807, 2.05) is 12.1 Å². The van der Waals surface area contributed by atoms with Gasteiger partial charge in [-0.1, -0.05) is 20.3 Å². The number of hydrogen-bond acceptors (Lipinski definition) is 9. The molecule has 0 unspecified atom stereocenters. The number of rotatable bonds is 8. The number of anilines is 1. The average molecular weight is 418 g/mol. The lowest BCUT2D eigenvalue weighted by atomic mass is 9.98. The van der Waals surface area contributed by atoms with Gasteiger partial charge in [0.05, 0.1) is 35.9 Å². The molecule has 3 rings (SSSR count). The lowest BCUT2D eigenvalue weighted by Gasteiger charge is -2.23. The van der Waals surface area contributed by atoms with Crippen LogP contribution in [0.3, 0.4) is 0 Å². The fourth-order valence-corrected chi connectivity index (χ4v) is 3.87. The van der Waals surface area contributed by atoms with E-state index in [4.69, 9.17) is 16.3 Å². The first kappa shape index (κ1) is 21.3. The molecule has 8 nitrogen and oxygen atoms in total. The summed E-state index contributed by atoms with van der Waals surface area (Å²) in [5.74, 6) is 7.72. The van der Waals surface area contributed by atoms with E-state index in [1.54, 1.807) is 13.2 Å². The Hall–Kier alpha value is -2.39. The Morgan fingerprint density at radius 2 is 2.07 bits per heavy atom. The molecule has 0 amide bonds. The molecule has 1 aliphatic rings. The van der Waals surface area contributed by atoms with Crippen molar-refractivity contribution in [3.05, 3.63) is 34.7 Å². The predicted octanol–water partition coefficient (Wildman–Crippen LogP) is 3.31. The SMILES string of the molecule is CC(C)c1nc(NC/C(=C(/N)c2ccc(OC3CCCCC3)cn2)N(C)N)ns1. The number of nitrogens with two attached hydrogens (primary N) is 2. The second-order valence-corrected chi connectivity index (χ2v) is 8.48. The van der Waals surface area contributed by atoms with Crippen LogP contribution in [-0.4, -0.2) is 39.0 Å². The first-order valence-corrected chi connectivity index (χ1v) is 10.9. The van der Waals surface area contributed by atoms with E-state index in [0.717, 1.165) is 23.6 Å². The molecule has 0 aliphatic heterocycles. The molecule has 2 aromatic rings. The smallest absolute Gasteiger partial charge is 0.235 e. The molecule has 1 fully saturated rings. The summed E-state index contributed by atoms with van der Waals surface area (Å²) in [6.45, 7) is 4.58. The summed E-state index contributed by atoms with van der Waals surface area (Å²) in [7, 11) is 1.75. The number of pyridine rings is 1. The van der Waals surface area contributed by atoms with E-state index in [1.165, 1.54) is 35.8 Å². The van der Waals surface area contributed by atoms with E-state index in [9.17, 15) is 0 Å². The molecule has 9 heteroatoms. The van der Waals surface area contributed by atoms with Crippen molar-refractivity contribution in [2.75, 3.05) is 18.9 Å². The number of hydrazine groups is 1. The minimum absolute atomic E-state index is 0.292. The van der Waals surface area contributed by atoms with Crippen LogP contribution in [0.4, 0.5) is 5.95 Å². The summed E-state index contributed by atoms with van der Waals surface area (Å²) in [5.41, 5.74) is 8.24. The minimum atomic E-state index is 0.292. The average Bonchev–Trinajstić information content (AvgIpc) is 3.18. The summed E-state index contributed by atoms with van der Waals surface area (Å²) in [6.07, 6.45) is 8.02. The van der Waals surface area contributed by atoms with Crippen molar-refractivity contribution in [1.82, 2.24) is 19.4 Å². The molecule has 0 aromatic carbocycles. The van der Waals surface area contributed by atoms with Gasteiger partial charge in [0, 0.05) is 13.0 Å². The van der Waals surface area contributed by atoms with E-state index < -0.39 is 0 Å². The second-order valence-electron chi connectivity index (χ2n) is 7.69. The van der Waals surface area contributed by atoms with Gasteiger partial charge in [0.2, 0.25) is 5.95 Å². The maximum Gasteiger partial charge on any atom is 0.235 e. The van der Waals surface area contributed by atoms with Gasteiger partial charge in [-0.05, 0) is 49.3 Å². The van der Waals surface area contributed by atoms with Gasteiger partial charge in [0.15, 0.2) is 0 Å². The highest BCUT2D eigenvalue weighted by Gasteiger charge is 2.16. The van der Waals surface area contributed by atoms with Gasteiger partial charge in [-0.2, -0.15) is 4.37 Å². The molecule has 1 saturated carbocycles. The summed E-state index contributed by atoms with van der Waals surface area (Å²) < 4.78 is 10.4. The largest absolute Gasteiger partial charge is 0.489 e. The van der Waals surface area contributed by atoms with Crippen LogP contribution in [0, 0.1) is 0 Å². The summed E-state index contributed by atoms with van der Waals surface area (Å²) >= 11 is 1.40. The molecule has 5 N–H and O–H groups in total. The van der Waals surface area contributed by atoms with Crippen molar-refractivity contribution in [3.8, 4) is 5.75 Å². The highest BCUT2D eigenvalue weighted by molar-refractivity contribution is 7.05. The zero-order valence-electron chi connectivity index (χ0n) is 17.4. The Kier molecular flexibility index (Phi) is 7.27. The van der Waals surface area contributed by atoms with Gasteiger partial charge in [-0.15, -0.1) is 0 Å². The summed E-state index contributed by atoms with van der Waals surface area (Å²) in [5, 5.41) is 5.67. The zero-order valence-corrected chi connectivity index (χ0v) is 18.2. The molecule has 2 heterocycles. The fraction of sp³-hybridized carbons (Fsp3) is 0.550. The van der Waals surface area contributed by atoms with Crippen molar-refractivity contribution in [3.63, 3.8) is 0 Å². The van der Waals surface area contributed by atoms with Crippen molar-refractivity contribution in [2.24, 2.45) is 11.6 Å². The Balaban J connectivity index is 1.67. The molecule has 0 spiro atoms. The third-order valence-electron chi connectivity index (χ3n) is 4.95. The molecule has 0 atom stereocenters. The number of nitrogens with zero attached hydrogens (tertiary/aromatic N) is 4. The Bertz CT molecular complexity index is 810. The van der Waals surface area contributed by atoms with Gasteiger partial charge in [-0.25, -0.2) is 10.8 Å². The standard InChI is InChI=1S/C20H31N7OS/c1-13(2)19-25-20(26-29-19)24-12-17(27(3)22)18(21)16-10-9-15(11-23-16)28-14-7-5-4-6-8-14/h9-11,13-14H,4-8,12,21-22H2,1-3H3,(H,24,26)/b18-17-. The lowest BCUT2D eigenvalue weighted by molar-refractivity contribution is 0.154. The van der Waals surface area contributed by atoms with Crippen LogP contribution < -0.4 is 21.6 Å². The highest BCUT2D eigenvalue weighted by atomic mass is 32.1. The second kappa shape index (κ2) is 9.89. The van der Waals surface area contributed by atoms with E-state index >= 15 is 0 Å². The summed E-state index contributed by atoms with van der Waals surface area (Å²) in [6, 6.07) is 3.79. The normalized spacial score (nSPS) is 15.9. The van der Waals surface area contributed by atoms with Crippen LogP contribution in [0.15, 0.2) is 24.0 Å². The Labute approximate surface area is 176 Å². The molecule has 29 heavy (non-hydrogen) atoms. The molecule has 1 aliphatic carbocycles. The third kappa shape index (κ3) is 5.80. The van der Waals surface area contributed by atoms with Crippen LogP contribution in [0.25, 0.3) is 5.70 Å². The predicted molar refractivity (Wildman–Crippen MR) is 117 cm³/mol. The molecular weight excluding hydrogens is 386 g/mol. The number of ether oxygens (including phenoxy) is 1. The lowest BCUT2D eigenvalue weighted by Crippen LogP contribution is -2.32. The maximum absolute atomic E-state index is 6.37. The van der Waals surface area contributed by atoms with Crippen LogP contribution in [0.5, 0.6) is 5.75 Å². The van der Waals surface area contributed by atoms with Crippen molar-refractivity contribution >= 4 is 23.2 Å². The third-order valence-corrected chi connectivity index (χ3v) is 5.97. The fourth-order valence-electron chi connectivity index (χ4n) is 3.25. The van der Waals surface area contributed by atoms with Crippen molar-refractivity contribution in [1.29, 1.82) is 0 Å². The zero-order chi connectivity index (χ0) is 20.8. The number of aromatic nitrogens is 3. The van der Waals surface area contributed by atoms with Crippen LogP contribution in [0.2, 0.25) is 0 Å².